The van der Waals surface area contributed by atoms with Gasteiger partial charge in [-0.05, 0) is 118 Å². The first-order valence-electron chi connectivity index (χ1n) is 18.6. The van der Waals surface area contributed by atoms with Crippen LogP contribution in [0.1, 0.15) is 38.9 Å². The molecule has 2 aliphatic rings. The first-order chi connectivity index (χ1) is 26.0. The zero-order valence-corrected chi connectivity index (χ0v) is 30.3. The molecule has 0 aromatic heterocycles. The van der Waals surface area contributed by atoms with E-state index in [-0.39, 0.29) is 0 Å². The molecule has 0 saturated heterocycles. The van der Waals surface area contributed by atoms with E-state index in [4.69, 9.17) is 0 Å². The Morgan fingerprint density at radius 3 is 1.53 bits per heavy atom. The maximum atomic E-state index is 2.51. The van der Waals surface area contributed by atoms with Gasteiger partial charge >= 0.3 is 0 Å². The van der Waals surface area contributed by atoms with Gasteiger partial charge in [0.05, 0.1) is 11.1 Å². The minimum absolute atomic E-state index is 0.429. The number of aryl methyl sites for hydroxylation is 3. The molecule has 0 heterocycles. The van der Waals surface area contributed by atoms with Crippen molar-refractivity contribution in [1.29, 1.82) is 0 Å². The van der Waals surface area contributed by atoms with E-state index in [0.717, 1.165) is 17.1 Å². The van der Waals surface area contributed by atoms with Crippen LogP contribution in [-0.2, 0) is 5.41 Å². The topological polar surface area (TPSA) is 3.24 Å². The number of rotatable bonds is 5. The summed E-state index contributed by atoms with van der Waals surface area (Å²) in [5, 5.41) is 0. The highest BCUT2D eigenvalue weighted by Gasteiger charge is 2.52. The molecule has 0 N–H and O–H groups in total. The van der Waals surface area contributed by atoms with Crippen LogP contribution < -0.4 is 4.90 Å². The highest BCUT2D eigenvalue weighted by Crippen LogP contribution is 2.63. The van der Waals surface area contributed by atoms with Crippen LogP contribution in [0.2, 0.25) is 0 Å². The second-order valence-corrected chi connectivity index (χ2v) is 14.7. The van der Waals surface area contributed by atoms with Crippen molar-refractivity contribution in [3.8, 4) is 44.5 Å². The Kier molecular flexibility index (Phi) is 7.13. The van der Waals surface area contributed by atoms with Crippen LogP contribution in [0.3, 0.4) is 0 Å². The van der Waals surface area contributed by atoms with Gasteiger partial charge in [0.15, 0.2) is 0 Å². The van der Waals surface area contributed by atoms with Crippen molar-refractivity contribution in [3.05, 3.63) is 221 Å². The van der Waals surface area contributed by atoms with Crippen molar-refractivity contribution in [2.24, 2.45) is 0 Å². The van der Waals surface area contributed by atoms with Gasteiger partial charge in [0.25, 0.3) is 0 Å². The average molecular weight is 678 g/mol. The van der Waals surface area contributed by atoms with Crippen molar-refractivity contribution in [2.45, 2.75) is 26.2 Å². The third kappa shape index (κ3) is 4.70. The summed E-state index contributed by atoms with van der Waals surface area (Å²) in [6.45, 7) is 6.70. The third-order valence-electron chi connectivity index (χ3n) is 11.5. The summed E-state index contributed by atoms with van der Waals surface area (Å²) in [6.07, 6.45) is 0. The second kappa shape index (κ2) is 12.1. The highest BCUT2D eigenvalue weighted by atomic mass is 15.1. The molecule has 0 saturated carbocycles. The first kappa shape index (κ1) is 31.3. The zero-order chi connectivity index (χ0) is 35.7. The van der Waals surface area contributed by atoms with Crippen LogP contribution in [0.15, 0.2) is 182 Å². The van der Waals surface area contributed by atoms with Crippen LogP contribution in [0.4, 0.5) is 17.1 Å². The summed E-state index contributed by atoms with van der Waals surface area (Å²) in [6, 6.07) is 67.7. The van der Waals surface area contributed by atoms with E-state index in [1.54, 1.807) is 0 Å². The molecule has 1 spiro atoms. The van der Waals surface area contributed by atoms with E-state index in [2.05, 4.69) is 208 Å². The predicted molar refractivity (Wildman–Crippen MR) is 223 cm³/mol. The fourth-order valence-corrected chi connectivity index (χ4v) is 9.19. The first-order valence-corrected chi connectivity index (χ1v) is 18.6. The fourth-order valence-electron chi connectivity index (χ4n) is 9.19. The van der Waals surface area contributed by atoms with Crippen molar-refractivity contribution in [2.75, 3.05) is 4.90 Å². The van der Waals surface area contributed by atoms with E-state index < -0.39 is 5.41 Å². The van der Waals surface area contributed by atoms with Crippen molar-refractivity contribution < 1.29 is 0 Å². The van der Waals surface area contributed by atoms with Crippen LogP contribution in [0, 0.1) is 20.8 Å². The summed E-state index contributed by atoms with van der Waals surface area (Å²) in [7, 11) is 0. The van der Waals surface area contributed by atoms with Crippen molar-refractivity contribution in [1.82, 2.24) is 0 Å². The van der Waals surface area contributed by atoms with Gasteiger partial charge in [-0.3, -0.25) is 0 Å². The maximum absolute atomic E-state index is 2.51. The zero-order valence-electron chi connectivity index (χ0n) is 30.3. The Balaban J connectivity index is 1.26. The molecule has 0 radical (unpaired) electrons. The van der Waals surface area contributed by atoms with Gasteiger partial charge in [0, 0.05) is 16.9 Å². The highest BCUT2D eigenvalue weighted by molar-refractivity contribution is 5.97. The summed E-state index contributed by atoms with van der Waals surface area (Å²) >= 11 is 0. The Morgan fingerprint density at radius 2 is 0.868 bits per heavy atom. The minimum atomic E-state index is -0.429. The molecule has 53 heavy (non-hydrogen) atoms. The van der Waals surface area contributed by atoms with E-state index in [0.29, 0.717) is 0 Å². The monoisotopic (exact) mass is 677 g/mol. The van der Waals surface area contributed by atoms with Crippen LogP contribution in [0.25, 0.3) is 44.5 Å². The predicted octanol–water partition coefficient (Wildman–Crippen LogP) is 13.8. The third-order valence-corrected chi connectivity index (χ3v) is 11.5. The normalized spacial score (nSPS) is 13.0. The summed E-state index contributed by atoms with van der Waals surface area (Å²) < 4.78 is 0. The molecule has 0 atom stereocenters. The lowest BCUT2D eigenvalue weighted by atomic mass is 9.70. The van der Waals surface area contributed by atoms with E-state index in [1.807, 2.05) is 0 Å². The smallest absolute Gasteiger partial charge is 0.0726 e. The second-order valence-electron chi connectivity index (χ2n) is 14.7. The molecule has 8 aromatic rings. The summed E-state index contributed by atoms with van der Waals surface area (Å²) in [5.41, 5.74) is 22.4. The van der Waals surface area contributed by atoms with Gasteiger partial charge < -0.3 is 4.90 Å². The van der Waals surface area contributed by atoms with Crippen LogP contribution >= 0.6 is 0 Å². The SMILES string of the molecule is Cc1ccc2c(c1)C1(c3ccccc3-c3ccc(N(c4ccc(-c5ccccc5)cc4C)c4ccccc4-c4ccccc4)cc31)c1cc(C)ccc1-2. The molecule has 252 valence electrons. The van der Waals surface area contributed by atoms with Crippen LogP contribution in [-0.4, -0.2) is 0 Å². The van der Waals surface area contributed by atoms with Crippen molar-refractivity contribution in [3.63, 3.8) is 0 Å². The number of fused-ring (bicyclic) bond motifs is 10. The van der Waals surface area contributed by atoms with Crippen molar-refractivity contribution >= 4 is 17.1 Å². The van der Waals surface area contributed by atoms with Gasteiger partial charge in [-0.15, -0.1) is 0 Å². The van der Waals surface area contributed by atoms with E-state index in [1.165, 1.54) is 83.5 Å². The van der Waals surface area contributed by atoms with Gasteiger partial charge in [-0.2, -0.15) is 0 Å². The standard InChI is InChI=1S/C52H39N/c1-34-22-26-43-44-27-23-35(2)31-48(44)52(47(43)30-34)46-20-12-10-19-42(46)45-28-25-40(33-49(45)52)53(51-21-13-11-18-41(51)38-16-8-5-9-17-38)50-29-24-39(32-36(50)3)37-14-6-4-7-15-37/h4-33H,1-3H3. The Bertz CT molecular complexity index is 2650. The number of benzene rings is 8. The Hall–Kier alpha value is -6.44. The molecule has 10 rings (SSSR count). The molecule has 0 unspecified atom stereocenters. The molecule has 1 heteroatoms. The number of hydrogen-bond donors (Lipinski definition) is 0. The largest absolute Gasteiger partial charge is 0.310 e. The van der Waals surface area contributed by atoms with Gasteiger partial charge in [-0.1, -0.05) is 163 Å². The quantitative estimate of drug-likeness (QED) is 0.175. The molecular weight excluding hydrogens is 639 g/mol. The minimum Gasteiger partial charge on any atom is -0.310 e. The Labute approximate surface area is 312 Å². The number of hydrogen-bond acceptors (Lipinski definition) is 1. The van der Waals surface area contributed by atoms with Gasteiger partial charge in [0.1, 0.15) is 0 Å². The molecule has 0 bridgehead atoms. The van der Waals surface area contributed by atoms with Gasteiger partial charge in [0.2, 0.25) is 0 Å². The lowest BCUT2D eigenvalue weighted by Gasteiger charge is -2.33. The van der Waals surface area contributed by atoms with Crippen LogP contribution in [0.5, 0.6) is 0 Å². The lowest BCUT2D eigenvalue weighted by Crippen LogP contribution is -2.26. The molecule has 0 aliphatic heterocycles. The molecule has 8 aromatic carbocycles. The molecule has 0 fully saturated rings. The number of anilines is 3. The molecule has 2 aliphatic carbocycles. The number of para-hydroxylation sites is 1. The molecular formula is C52H39N. The average Bonchev–Trinajstić information content (AvgIpc) is 3.65. The summed E-state index contributed by atoms with van der Waals surface area (Å²) in [4.78, 5) is 2.49. The number of nitrogens with zero attached hydrogens (tertiary/aromatic N) is 1. The maximum Gasteiger partial charge on any atom is 0.0726 e. The lowest BCUT2D eigenvalue weighted by molar-refractivity contribution is 0.791. The molecule has 0 amide bonds. The fraction of sp³-hybridized carbons (Fsp3) is 0.0769. The summed E-state index contributed by atoms with van der Waals surface area (Å²) in [5.74, 6) is 0. The molecule has 1 nitrogen and oxygen atoms in total. The Morgan fingerprint density at radius 1 is 0.340 bits per heavy atom. The van der Waals surface area contributed by atoms with Gasteiger partial charge in [-0.25, -0.2) is 0 Å². The van der Waals surface area contributed by atoms with E-state index >= 15 is 0 Å². The van der Waals surface area contributed by atoms with E-state index in [9.17, 15) is 0 Å².